The highest BCUT2D eigenvalue weighted by Gasteiger charge is 2.38. The summed E-state index contributed by atoms with van der Waals surface area (Å²) in [6.07, 6.45) is 0. The van der Waals surface area contributed by atoms with Gasteiger partial charge in [0, 0.05) is 72.9 Å². The molecule has 0 atom stereocenters. The van der Waals surface area contributed by atoms with Gasteiger partial charge in [-0.15, -0.1) is 24.8 Å². The first-order chi connectivity index (χ1) is 23.3. The molecule has 0 heterocycles. The van der Waals surface area contributed by atoms with E-state index < -0.39 is 11.6 Å². The van der Waals surface area contributed by atoms with Gasteiger partial charge in [0.25, 0.3) is 0 Å². The molecule has 0 amide bonds. The fourth-order valence-electron chi connectivity index (χ4n) is 5.69. The second kappa shape index (κ2) is 18.3. The summed E-state index contributed by atoms with van der Waals surface area (Å²) in [7, 11) is 0. The molecule has 264 valence electrons. The molecule has 0 radical (unpaired) electrons. The molecule has 0 saturated carbocycles. The predicted octanol–water partition coefficient (Wildman–Crippen LogP) is 3.17. The fraction of sp³-hybridized carbons (Fsp3) is 0.222. The minimum Gasteiger partial charge on any atom is -0.507 e. The van der Waals surface area contributed by atoms with Crippen molar-refractivity contribution in [3.8, 4) is 11.5 Å². The number of hydrogen-bond acceptors (Lipinski definition) is 12. The van der Waals surface area contributed by atoms with E-state index in [-0.39, 0.29) is 83.3 Å². The van der Waals surface area contributed by atoms with Crippen molar-refractivity contribution in [2.45, 2.75) is 0 Å². The third-order valence-corrected chi connectivity index (χ3v) is 7.92. The van der Waals surface area contributed by atoms with Crippen molar-refractivity contribution in [2.75, 3.05) is 63.1 Å². The van der Waals surface area contributed by atoms with Crippen LogP contribution in [0, 0.1) is 0 Å². The second-order valence-corrected chi connectivity index (χ2v) is 11.0. The molecule has 0 spiro atoms. The van der Waals surface area contributed by atoms with Gasteiger partial charge in [-0.1, -0.05) is 48.5 Å². The van der Waals surface area contributed by atoms with Crippen LogP contribution in [0.5, 0.6) is 11.5 Å². The first kappa shape index (κ1) is 39.6. The maximum Gasteiger partial charge on any atom is 0.200 e. The number of phenols is 2. The molecule has 50 heavy (non-hydrogen) atoms. The zero-order chi connectivity index (χ0) is 34.2. The Morgan fingerprint density at radius 3 is 1.08 bits per heavy atom. The Hall–Kier alpha value is -4.82. The third kappa shape index (κ3) is 8.13. The van der Waals surface area contributed by atoms with Crippen molar-refractivity contribution in [1.82, 2.24) is 10.6 Å². The van der Waals surface area contributed by atoms with Crippen LogP contribution in [0.1, 0.15) is 63.7 Å². The maximum atomic E-state index is 13.4. The molecule has 12 nitrogen and oxygen atoms in total. The number of nitrogens with one attached hydrogen (secondary N) is 4. The zero-order valence-electron chi connectivity index (χ0n) is 26.8. The van der Waals surface area contributed by atoms with Crippen molar-refractivity contribution in [3.63, 3.8) is 0 Å². The molecule has 0 aromatic heterocycles. The van der Waals surface area contributed by atoms with Crippen LogP contribution in [0.2, 0.25) is 0 Å². The molecule has 2 aliphatic rings. The lowest BCUT2D eigenvalue weighted by molar-refractivity contribution is 0.0975. The molecule has 4 aromatic carbocycles. The van der Waals surface area contributed by atoms with Gasteiger partial charge >= 0.3 is 0 Å². The van der Waals surface area contributed by atoms with Crippen LogP contribution in [-0.2, 0) is 0 Å². The van der Waals surface area contributed by atoms with Gasteiger partial charge in [-0.3, -0.25) is 19.2 Å². The van der Waals surface area contributed by atoms with Crippen molar-refractivity contribution in [1.29, 1.82) is 0 Å². The number of fused-ring (bicyclic) bond motifs is 4. The Bertz CT molecular complexity index is 1700. The van der Waals surface area contributed by atoms with Crippen molar-refractivity contribution in [2.24, 2.45) is 0 Å². The number of anilines is 2. The Labute approximate surface area is 300 Å². The van der Waals surface area contributed by atoms with E-state index >= 15 is 0 Å². The number of aliphatic hydroxyl groups excluding tert-OH is 2. The second-order valence-electron chi connectivity index (χ2n) is 11.0. The molecule has 0 bridgehead atoms. The Balaban J connectivity index is 0.000000314. The summed E-state index contributed by atoms with van der Waals surface area (Å²) in [4.78, 5) is 50.9. The molecule has 14 heteroatoms. The first-order valence-corrected chi connectivity index (χ1v) is 15.5. The number of benzene rings is 4. The normalized spacial score (nSPS) is 12.2. The van der Waals surface area contributed by atoms with E-state index in [1.165, 1.54) is 12.1 Å². The van der Waals surface area contributed by atoms with E-state index in [1.807, 2.05) is 0 Å². The molecular weight excluding hydrogens is 687 g/mol. The van der Waals surface area contributed by atoms with Crippen LogP contribution < -0.4 is 21.3 Å². The zero-order valence-corrected chi connectivity index (χ0v) is 28.5. The maximum absolute atomic E-state index is 13.4. The van der Waals surface area contributed by atoms with Gasteiger partial charge in [0.2, 0.25) is 11.6 Å². The van der Waals surface area contributed by atoms with Gasteiger partial charge in [-0.25, -0.2) is 0 Å². The van der Waals surface area contributed by atoms with Crippen LogP contribution >= 0.6 is 24.8 Å². The first-order valence-electron chi connectivity index (χ1n) is 15.5. The van der Waals surface area contributed by atoms with Crippen molar-refractivity contribution < 1.29 is 39.6 Å². The minimum absolute atomic E-state index is 0. The van der Waals surface area contributed by atoms with E-state index in [9.17, 15) is 29.4 Å². The molecule has 0 unspecified atom stereocenters. The van der Waals surface area contributed by atoms with E-state index in [0.29, 0.717) is 72.9 Å². The summed E-state index contributed by atoms with van der Waals surface area (Å²) in [5.41, 5.74) is 2.70. The summed E-state index contributed by atoms with van der Waals surface area (Å²) in [5, 5.41) is 50.6. The lowest BCUT2D eigenvalue weighted by Crippen LogP contribution is -2.28. The largest absolute Gasteiger partial charge is 0.507 e. The molecule has 8 N–H and O–H groups in total. The van der Waals surface area contributed by atoms with Gasteiger partial charge in [0.05, 0.1) is 35.5 Å². The summed E-state index contributed by atoms with van der Waals surface area (Å²) in [6, 6.07) is 19.6. The predicted molar refractivity (Wildman–Crippen MR) is 194 cm³/mol. The highest BCUT2D eigenvalue weighted by Crippen LogP contribution is 2.42. The highest BCUT2D eigenvalue weighted by molar-refractivity contribution is 6.33. The van der Waals surface area contributed by atoms with E-state index in [4.69, 9.17) is 10.2 Å². The summed E-state index contributed by atoms with van der Waals surface area (Å²) in [5.74, 6) is -1.99. The number of hydrogen-bond donors (Lipinski definition) is 8. The van der Waals surface area contributed by atoms with Crippen LogP contribution in [0.15, 0.2) is 72.8 Å². The van der Waals surface area contributed by atoms with Gasteiger partial charge in [-0.05, 0) is 24.3 Å². The lowest BCUT2D eigenvalue weighted by Gasteiger charge is -2.25. The number of aromatic hydroxyl groups is 2. The molecule has 4 aromatic rings. The standard InChI is InChI=1S/C22H28N4O6.C14H8O2.2ClH/c27-11-9-23-5-7-25-13-1-2-14(26-8-6-24-10-12-28)18-17(13)21(31)19-15(29)3-4-16(30)20(19)22(18)32;15-13-9-5-1-2-6-10(9)14(16)12-8-4-3-7-11(12)13;;/h1-4,23-30H,5-12H2;1-8H;2*1H. The van der Waals surface area contributed by atoms with E-state index in [2.05, 4.69) is 21.3 Å². The average molecular weight is 726 g/mol. The quantitative estimate of drug-likeness (QED) is 0.0679. The minimum atomic E-state index is -0.559. The van der Waals surface area contributed by atoms with Crippen LogP contribution in [0.25, 0.3) is 0 Å². The summed E-state index contributed by atoms with van der Waals surface area (Å²) in [6.45, 7) is 2.81. The molecule has 2 aliphatic carbocycles. The molecule has 0 saturated heterocycles. The average Bonchev–Trinajstić information content (AvgIpc) is 3.10. The number of phenolic OH excluding ortho intramolecular Hbond substituents is 2. The molecule has 0 fully saturated rings. The Morgan fingerprint density at radius 1 is 0.420 bits per heavy atom. The van der Waals surface area contributed by atoms with Crippen molar-refractivity contribution in [3.05, 3.63) is 117 Å². The number of aliphatic hydroxyl groups is 2. The monoisotopic (exact) mass is 724 g/mol. The number of rotatable bonds is 12. The highest BCUT2D eigenvalue weighted by atomic mass is 35.5. The van der Waals surface area contributed by atoms with Gasteiger partial charge < -0.3 is 41.7 Å². The number of ketones is 4. The number of carbonyl (C=O) groups is 4. The topological polar surface area (TPSA) is 197 Å². The third-order valence-electron chi connectivity index (χ3n) is 7.92. The van der Waals surface area contributed by atoms with Crippen LogP contribution in [0.4, 0.5) is 11.4 Å². The summed E-state index contributed by atoms with van der Waals surface area (Å²) < 4.78 is 0. The SMILES string of the molecule is Cl.Cl.O=C1c2c(O)ccc(O)c2C(=O)c2c(NCCNCCO)ccc(NCCNCCO)c21.O=C1c2ccccc2C(=O)c2ccccc21. The van der Waals surface area contributed by atoms with Crippen LogP contribution in [0.3, 0.4) is 0 Å². The fourth-order valence-corrected chi connectivity index (χ4v) is 5.69. The molecule has 6 rings (SSSR count). The smallest absolute Gasteiger partial charge is 0.200 e. The van der Waals surface area contributed by atoms with Gasteiger partial charge in [0.1, 0.15) is 11.5 Å². The van der Waals surface area contributed by atoms with Crippen LogP contribution in [-0.4, -0.2) is 96.0 Å². The van der Waals surface area contributed by atoms with Gasteiger partial charge in [-0.2, -0.15) is 0 Å². The summed E-state index contributed by atoms with van der Waals surface area (Å²) >= 11 is 0. The number of carbonyl (C=O) groups excluding carboxylic acids is 4. The van der Waals surface area contributed by atoms with E-state index in [1.54, 1.807) is 60.7 Å². The van der Waals surface area contributed by atoms with E-state index in [0.717, 1.165) is 0 Å². The Kier molecular flexibility index (Phi) is 14.5. The Morgan fingerprint density at radius 2 is 0.760 bits per heavy atom. The lowest BCUT2D eigenvalue weighted by atomic mass is 9.81. The van der Waals surface area contributed by atoms with Crippen molar-refractivity contribution >= 4 is 59.3 Å². The molecular formula is C36H38Cl2N4O8. The van der Waals surface area contributed by atoms with Gasteiger partial charge in [0.15, 0.2) is 11.6 Å². The number of halogens is 2. The molecule has 0 aliphatic heterocycles.